The van der Waals surface area contributed by atoms with Gasteiger partial charge in [-0.25, -0.2) is 4.98 Å². The van der Waals surface area contributed by atoms with Crippen molar-refractivity contribution in [1.29, 1.82) is 0 Å². The Kier molecular flexibility index (Phi) is 9.54. The molecule has 2 saturated heterocycles. The van der Waals surface area contributed by atoms with Crippen molar-refractivity contribution in [3.8, 4) is 0 Å². The van der Waals surface area contributed by atoms with Crippen LogP contribution in [0, 0.1) is 11.8 Å². The number of aromatic amines is 1. The number of H-pyrrole nitrogens is 1. The number of aldehydes is 1. The predicted octanol–water partition coefficient (Wildman–Crippen LogP) is 1.17. The number of imidazole rings is 1. The zero-order valence-electron chi connectivity index (χ0n) is 16.8. The molecule has 3 heterocycles. The first kappa shape index (κ1) is 22.1. The molecule has 27 heavy (non-hydrogen) atoms. The van der Waals surface area contributed by atoms with Crippen LogP contribution in [0.4, 0.5) is 0 Å². The normalized spacial score (nSPS) is 24.0. The molecule has 3 rings (SSSR count). The smallest absolute Gasteiger partial charge is 0.376 e. The molecule has 150 valence electrons. The van der Waals surface area contributed by atoms with Crippen molar-refractivity contribution in [2.75, 3.05) is 26.2 Å². The van der Waals surface area contributed by atoms with Crippen molar-refractivity contribution in [3.05, 3.63) is 18.2 Å². The average molecular weight is 376 g/mol. The molecule has 0 aliphatic carbocycles. The summed E-state index contributed by atoms with van der Waals surface area (Å²) in [4.78, 5) is 21.6. The third kappa shape index (κ3) is 7.78. The fourth-order valence-electron chi connectivity index (χ4n) is 4.08. The number of aromatic nitrogens is 2. The Bertz CT molecular complexity index is 531. The lowest BCUT2D eigenvalue weighted by molar-refractivity contribution is -0.108. The summed E-state index contributed by atoms with van der Waals surface area (Å²) in [6, 6.07) is 0. The molecule has 9 heteroatoms. The van der Waals surface area contributed by atoms with Gasteiger partial charge in [-0.3, -0.25) is 0 Å². The number of carbonyl (C=O) groups excluding carboxylic acids is 1. The van der Waals surface area contributed by atoms with E-state index in [0.717, 1.165) is 51.7 Å². The summed E-state index contributed by atoms with van der Waals surface area (Å²) >= 11 is 0. The Morgan fingerprint density at radius 1 is 1.15 bits per heavy atom. The van der Waals surface area contributed by atoms with Gasteiger partial charge >= 0.3 is 14.1 Å². The molecular weight excluding hydrogens is 342 g/mol. The highest BCUT2D eigenvalue weighted by Crippen LogP contribution is 2.20. The molecule has 3 N–H and O–H groups in total. The fourth-order valence-corrected chi connectivity index (χ4v) is 4.08. The summed E-state index contributed by atoms with van der Waals surface area (Å²) < 4.78 is 0. The standard InChI is InChI=1S/C10H18BN3O.C8H16BNO2/c1-11(15)14-4-2-3-9(7-14)5-10-6-12-8-13-10;1-9(12)10-5-2-3-8(7-10)4-6-11/h6,8-9,15H,2-5,7H2,1H3,(H,12,13);6,8,12H,2-5,7H2,1H3/t9-;8-/m00/s1. The highest BCUT2D eigenvalue weighted by Gasteiger charge is 2.25. The minimum Gasteiger partial charge on any atom is -0.437 e. The first-order valence-corrected chi connectivity index (χ1v) is 10.2. The maximum absolute atomic E-state index is 10.3. The summed E-state index contributed by atoms with van der Waals surface area (Å²) in [5.74, 6) is 1.11. The Hall–Kier alpha value is -1.15. The number of nitrogens with one attached hydrogen (secondary N) is 1. The summed E-state index contributed by atoms with van der Waals surface area (Å²) in [6.45, 7) is 7.49. The monoisotopic (exact) mass is 376 g/mol. The lowest BCUT2D eigenvalue weighted by Crippen LogP contribution is -2.44. The molecule has 1 aromatic rings. The van der Waals surface area contributed by atoms with Gasteiger partial charge in [-0.15, -0.1) is 0 Å². The van der Waals surface area contributed by atoms with E-state index in [4.69, 9.17) is 0 Å². The quantitative estimate of drug-likeness (QED) is 0.510. The van der Waals surface area contributed by atoms with E-state index in [1.165, 1.54) is 18.5 Å². The van der Waals surface area contributed by atoms with Gasteiger partial charge in [-0.05, 0) is 83.8 Å². The molecule has 0 amide bonds. The predicted molar refractivity (Wildman–Crippen MR) is 109 cm³/mol. The van der Waals surface area contributed by atoms with Gasteiger partial charge in [0.25, 0.3) is 0 Å². The van der Waals surface area contributed by atoms with Crippen LogP contribution in [-0.2, 0) is 11.2 Å². The summed E-state index contributed by atoms with van der Waals surface area (Å²) in [6.07, 6.45) is 11.0. The Morgan fingerprint density at radius 2 is 1.74 bits per heavy atom. The first-order valence-electron chi connectivity index (χ1n) is 10.2. The Labute approximate surface area is 163 Å². The molecule has 2 fully saturated rings. The van der Waals surface area contributed by atoms with Crippen LogP contribution < -0.4 is 0 Å². The second-order valence-electron chi connectivity index (χ2n) is 7.95. The minimum absolute atomic E-state index is 0.311. The van der Waals surface area contributed by atoms with Crippen molar-refractivity contribution in [2.24, 2.45) is 11.8 Å². The van der Waals surface area contributed by atoms with Gasteiger partial charge in [0.15, 0.2) is 0 Å². The molecule has 0 unspecified atom stereocenters. The molecule has 7 nitrogen and oxygen atoms in total. The maximum atomic E-state index is 10.3. The van der Waals surface area contributed by atoms with E-state index in [2.05, 4.69) is 14.8 Å². The van der Waals surface area contributed by atoms with E-state index in [0.29, 0.717) is 18.3 Å². The van der Waals surface area contributed by atoms with Gasteiger partial charge in [-0.2, -0.15) is 0 Å². The largest absolute Gasteiger partial charge is 0.437 e. The van der Waals surface area contributed by atoms with Crippen molar-refractivity contribution in [1.82, 2.24) is 19.6 Å². The third-order valence-corrected chi connectivity index (χ3v) is 5.65. The van der Waals surface area contributed by atoms with E-state index in [-0.39, 0.29) is 14.1 Å². The summed E-state index contributed by atoms with van der Waals surface area (Å²) in [5, 5.41) is 18.8. The molecule has 0 spiro atoms. The lowest BCUT2D eigenvalue weighted by atomic mass is 9.80. The van der Waals surface area contributed by atoms with Crippen LogP contribution in [-0.4, -0.2) is 76.2 Å². The second kappa shape index (κ2) is 11.6. The second-order valence-corrected chi connectivity index (χ2v) is 7.95. The Morgan fingerprint density at radius 3 is 2.26 bits per heavy atom. The van der Waals surface area contributed by atoms with Crippen LogP contribution in [0.3, 0.4) is 0 Å². The first-order chi connectivity index (χ1) is 13.0. The van der Waals surface area contributed by atoms with E-state index >= 15 is 0 Å². The van der Waals surface area contributed by atoms with Crippen molar-refractivity contribution >= 4 is 20.4 Å². The number of nitrogens with zero attached hydrogens (tertiary/aromatic N) is 3. The summed E-state index contributed by atoms with van der Waals surface area (Å²) in [5.41, 5.74) is 1.20. The van der Waals surface area contributed by atoms with Gasteiger partial charge in [0.2, 0.25) is 0 Å². The van der Waals surface area contributed by atoms with E-state index in [1.807, 2.05) is 17.8 Å². The number of hydrogen-bond donors (Lipinski definition) is 3. The molecule has 2 atom stereocenters. The SMILES string of the molecule is CB(O)N1CCC[C@@H](CC=O)C1.CB(O)N1CCC[C@@H](Cc2cnc[nH]2)C1. The summed E-state index contributed by atoms with van der Waals surface area (Å²) in [7, 11) is -0.672. The van der Waals surface area contributed by atoms with Gasteiger partial charge in [-0.1, -0.05) is 0 Å². The van der Waals surface area contributed by atoms with Crippen LogP contribution in [0.25, 0.3) is 0 Å². The zero-order valence-corrected chi connectivity index (χ0v) is 16.8. The molecule has 0 aromatic carbocycles. The van der Waals surface area contributed by atoms with Gasteiger partial charge in [0, 0.05) is 18.3 Å². The number of carbonyl (C=O) groups is 1. The Balaban J connectivity index is 0.000000199. The maximum Gasteiger partial charge on any atom is 0.376 e. The van der Waals surface area contributed by atoms with Crippen molar-refractivity contribution in [2.45, 2.75) is 52.2 Å². The van der Waals surface area contributed by atoms with E-state index in [9.17, 15) is 14.8 Å². The number of rotatable bonds is 6. The van der Waals surface area contributed by atoms with Crippen LogP contribution >= 0.6 is 0 Å². The molecule has 0 radical (unpaired) electrons. The zero-order chi connectivity index (χ0) is 19.6. The molecule has 2 aliphatic heterocycles. The molecule has 1 aromatic heterocycles. The molecular formula is C18H34B2N4O3. The fraction of sp³-hybridized carbons (Fsp3) is 0.778. The van der Waals surface area contributed by atoms with Crippen molar-refractivity contribution < 1.29 is 14.8 Å². The number of hydrogen-bond acceptors (Lipinski definition) is 6. The molecule has 2 aliphatic rings. The van der Waals surface area contributed by atoms with E-state index in [1.54, 1.807) is 13.2 Å². The van der Waals surface area contributed by atoms with Crippen molar-refractivity contribution in [3.63, 3.8) is 0 Å². The lowest BCUT2D eigenvalue weighted by Gasteiger charge is -2.33. The topological polar surface area (TPSA) is 92.7 Å². The third-order valence-electron chi connectivity index (χ3n) is 5.65. The molecule has 0 bridgehead atoms. The highest BCUT2D eigenvalue weighted by molar-refractivity contribution is 6.45. The number of piperidine rings is 2. The van der Waals surface area contributed by atoms with Crippen LogP contribution in [0.5, 0.6) is 0 Å². The van der Waals surface area contributed by atoms with Gasteiger partial charge in [0.05, 0.1) is 6.33 Å². The highest BCUT2D eigenvalue weighted by atomic mass is 16.2. The van der Waals surface area contributed by atoms with Gasteiger partial charge in [0.1, 0.15) is 6.29 Å². The molecule has 0 saturated carbocycles. The van der Waals surface area contributed by atoms with Crippen LogP contribution in [0.2, 0.25) is 13.6 Å². The minimum atomic E-state index is -0.362. The van der Waals surface area contributed by atoms with Crippen LogP contribution in [0.1, 0.15) is 37.8 Å². The average Bonchev–Trinajstić information content (AvgIpc) is 3.16. The van der Waals surface area contributed by atoms with Crippen LogP contribution in [0.15, 0.2) is 12.5 Å². The van der Waals surface area contributed by atoms with E-state index < -0.39 is 0 Å². The van der Waals surface area contributed by atoms with Gasteiger partial charge < -0.3 is 29.4 Å².